The second-order valence-corrected chi connectivity index (χ2v) is 2.52. The lowest BCUT2D eigenvalue weighted by Gasteiger charge is -1.91. The number of halogens is 2. The van der Waals surface area contributed by atoms with Gasteiger partial charge in [0.1, 0.15) is 16.3 Å². The quantitative estimate of drug-likeness (QED) is 0.512. The van der Waals surface area contributed by atoms with Crippen molar-refractivity contribution in [3.8, 4) is 0 Å². The van der Waals surface area contributed by atoms with Gasteiger partial charge < -0.3 is 0 Å². The predicted octanol–water partition coefficient (Wildman–Crippen LogP) is 2.22. The minimum absolute atomic E-state index is 0. The Morgan fingerprint density at radius 3 is 1.57 bits per heavy atom. The molecule has 0 rings (SSSR count). The summed E-state index contributed by atoms with van der Waals surface area (Å²) in [5.41, 5.74) is 0. The molecule has 1 unspecified atom stereocenters. The first-order valence-electron chi connectivity index (χ1n) is 2.03. The summed E-state index contributed by atoms with van der Waals surface area (Å²) in [6.45, 7) is 4.36. The van der Waals surface area contributed by atoms with Gasteiger partial charge in [-0.3, -0.25) is 0 Å². The van der Waals surface area contributed by atoms with Crippen molar-refractivity contribution < 1.29 is 0 Å². The normalized spacial score (nSPS) is 10.6. The highest BCUT2D eigenvalue weighted by atomic mass is 35.5. The Labute approximate surface area is 66.3 Å². The second kappa shape index (κ2) is 10.2. The summed E-state index contributed by atoms with van der Waals surface area (Å²) < 4.78 is 0.801. The first-order chi connectivity index (χ1) is 2.27. The zero-order chi connectivity index (χ0) is 4.28. The monoisotopic (exact) mass is 156 g/mol. The molecule has 7 heavy (non-hydrogen) atoms. The number of hydrogen-bond donors (Lipinski definition) is 0. The summed E-state index contributed by atoms with van der Waals surface area (Å²) in [7, 11) is 0. The zero-order valence-electron chi connectivity index (χ0n) is 4.68. The van der Waals surface area contributed by atoms with Crippen molar-refractivity contribution in [1.29, 1.82) is 0 Å². The molecule has 0 amide bonds. The molecular formula is C4H11AlCl2. The Kier molecular flexibility index (Phi) is 22.8. The highest BCUT2D eigenvalue weighted by Gasteiger charge is 1.79. The van der Waals surface area contributed by atoms with E-state index >= 15 is 0 Å². The molecule has 0 aliphatic carbocycles. The largest absolute Gasteiger partial charge is 0.147 e. The second-order valence-electron chi connectivity index (χ2n) is 1.39. The lowest BCUT2D eigenvalue weighted by molar-refractivity contribution is 0.880. The van der Waals surface area contributed by atoms with Crippen LogP contribution in [0.3, 0.4) is 0 Å². The molecule has 0 aromatic heterocycles. The van der Waals surface area contributed by atoms with Gasteiger partial charge in [0.25, 0.3) is 0 Å². The van der Waals surface area contributed by atoms with Crippen LogP contribution in [0.25, 0.3) is 0 Å². The van der Waals surface area contributed by atoms with E-state index in [1.54, 1.807) is 0 Å². The molecule has 0 aromatic carbocycles. The molecular weight excluding hydrogens is 146 g/mol. The van der Waals surface area contributed by atoms with E-state index in [9.17, 15) is 0 Å². The highest BCUT2D eigenvalue weighted by Crippen LogP contribution is 1.97. The van der Waals surface area contributed by atoms with Crippen LogP contribution in [0.5, 0.6) is 0 Å². The minimum atomic E-state index is 0. The van der Waals surface area contributed by atoms with Crippen molar-refractivity contribution in [3.63, 3.8) is 0 Å². The fraction of sp³-hybridized carbons (Fsp3) is 1.00. The predicted molar refractivity (Wildman–Crippen MR) is 40.0 cm³/mol. The van der Waals surface area contributed by atoms with Crippen LogP contribution in [0, 0.1) is 0 Å². The Hall–Kier alpha value is 1.11. The van der Waals surface area contributed by atoms with Gasteiger partial charge in [-0.15, -0.1) is 29.6 Å². The first kappa shape index (κ1) is 15.7. The lowest BCUT2D eigenvalue weighted by Crippen LogP contribution is -1.76. The topological polar surface area (TPSA) is 0 Å². The van der Waals surface area contributed by atoms with Crippen molar-refractivity contribution in [1.82, 2.24) is 0 Å². The third-order valence-corrected chi connectivity index (χ3v) is 1.12. The maximum Gasteiger partial charge on any atom is 0.123 e. The standard InChI is InChI=1S/C4H9.Al.2ClH/c1-3-4-2;;;/h3H,4H2,1-2H3;;2*1H. The Morgan fingerprint density at radius 1 is 1.43 bits per heavy atom. The number of hydrogen-bond acceptors (Lipinski definition) is 0. The smallest absolute Gasteiger partial charge is 0.123 e. The molecule has 0 aliphatic heterocycles. The van der Waals surface area contributed by atoms with Gasteiger partial charge >= 0.3 is 0 Å². The number of rotatable bonds is 1. The average Bonchev–Trinajstić information content (AvgIpc) is 1.38. The first-order valence-corrected chi connectivity index (χ1v) is 2.69. The van der Waals surface area contributed by atoms with E-state index in [1.807, 2.05) is 0 Å². The molecule has 0 heterocycles. The molecule has 0 aromatic rings. The SMILES string of the molecule is CC[CH](C)[Al].Cl.Cl. The summed E-state index contributed by atoms with van der Waals surface area (Å²) in [6, 6.07) is 0. The Morgan fingerprint density at radius 2 is 1.57 bits per heavy atom. The summed E-state index contributed by atoms with van der Waals surface area (Å²) in [5.74, 6) is 0. The molecule has 1 atom stereocenters. The van der Waals surface area contributed by atoms with Gasteiger partial charge in [-0.1, -0.05) is 20.3 Å². The average molecular weight is 157 g/mol. The molecule has 2 radical (unpaired) electrons. The van der Waals surface area contributed by atoms with Crippen molar-refractivity contribution in [3.05, 3.63) is 0 Å². The van der Waals surface area contributed by atoms with Crippen LogP contribution in [0.15, 0.2) is 0 Å². The summed E-state index contributed by atoms with van der Waals surface area (Å²) in [6.07, 6.45) is 1.27. The van der Waals surface area contributed by atoms with Crippen LogP contribution in [-0.4, -0.2) is 16.3 Å². The van der Waals surface area contributed by atoms with E-state index in [4.69, 9.17) is 0 Å². The van der Waals surface area contributed by atoms with E-state index in [2.05, 4.69) is 30.1 Å². The van der Waals surface area contributed by atoms with Gasteiger partial charge in [0.2, 0.25) is 0 Å². The van der Waals surface area contributed by atoms with Crippen molar-refractivity contribution >= 4 is 41.1 Å². The molecule has 44 valence electrons. The summed E-state index contributed by atoms with van der Waals surface area (Å²) in [4.78, 5) is 0. The molecule has 0 saturated heterocycles. The van der Waals surface area contributed by atoms with Gasteiger partial charge in [0.15, 0.2) is 0 Å². The van der Waals surface area contributed by atoms with Crippen LogP contribution in [0.1, 0.15) is 20.3 Å². The zero-order valence-corrected chi connectivity index (χ0v) is 7.47. The van der Waals surface area contributed by atoms with Crippen LogP contribution < -0.4 is 0 Å². The van der Waals surface area contributed by atoms with Gasteiger partial charge in [-0.05, 0) is 0 Å². The molecule has 0 nitrogen and oxygen atoms in total. The lowest BCUT2D eigenvalue weighted by atomic mass is 10.4. The maximum absolute atomic E-state index is 2.73. The van der Waals surface area contributed by atoms with Gasteiger partial charge in [-0.25, -0.2) is 0 Å². The molecule has 0 spiro atoms. The van der Waals surface area contributed by atoms with Gasteiger partial charge in [0.05, 0.1) is 0 Å². The molecule has 0 N–H and O–H groups in total. The van der Waals surface area contributed by atoms with Crippen molar-refractivity contribution in [2.24, 2.45) is 0 Å². The Balaban J connectivity index is -0.0000000800. The third kappa shape index (κ3) is 19.2. The van der Waals surface area contributed by atoms with E-state index in [1.165, 1.54) is 6.42 Å². The van der Waals surface area contributed by atoms with Crippen LogP contribution in [0.2, 0.25) is 4.78 Å². The molecule has 0 saturated carbocycles. The van der Waals surface area contributed by atoms with Crippen molar-refractivity contribution in [2.45, 2.75) is 25.0 Å². The van der Waals surface area contributed by atoms with Crippen molar-refractivity contribution in [2.75, 3.05) is 0 Å². The molecule has 0 aliphatic rings. The fourth-order valence-corrected chi connectivity index (χ4v) is 0. The van der Waals surface area contributed by atoms with Crippen LogP contribution in [0.4, 0.5) is 0 Å². The highest BCUT2D eigenvalue weighted by molar-refractivity contribution is 6.11. The van der Waals surface area contributed by atoms with Gasteiger partial charge in [-0.2, -0.15) is 0 Å². The summed E-state index contributed by atoms with van der Waals surface area (Å²) in [5, 5.41) is 0. The molecule has 0 bridgehead atoms. The van der Waals surface area contributed by atoms with Crippen LogP contribution >= 0.6 is 24.8 Å². The van der Waals surface area contributed by atoms with E-state index in [0.717, 1.165) is 4.78 Å². The maximum atomic E-state index is 2.73. The van der Waals surface area contributed by atoms with E-state index in [-0.39, 0.29) is 24.8 Å². The fourth-order valence-electron chi connectivity index (χ4n) is 0. The molecule has 0 fully saturated rings. The minimum Gasteiger partial charge on any atom is -0.147 e. The van der Waals surface area contributed by atoms with E-state index in [0.29, 0.717) is 0 Å². The molecule has 3 heteroatoms. The van der Waals surface area contributed by atoms with E-state index < -0.39 is 0 Å². The third-order valence-electron chi connectivity index (χ3n) is 0.644. The summed E-state index contributed by atoms with van der Waals surface area (Å²) >= 11 is 2.73. The van der Waals surface area contributed by atoms with Crippen LogP contribution in [-0.2, 0) is 0 Å². The van der Waals surface area contributed by atoms with Gasteiger partial charge in [0, 0.05) is 0 Å². The Bertz CT molecular complexity index is 23.7.